The lowest BCUT2D eigenvalue weighted by Gasteiger charge is -2.04. The molecule has 1 amide bonds. The first-order valence-corrected chi connectivity index (χ1v) is 5.34. The maximum atomic E-state index is 12.9. The molecule has 0 spiro atoms. The van der Waals surface area contributed by atoms with Gasteiger partial charge in [-0.3, -0.25) is 4.79 Å². The van der Waals surface area contributed by atoms with Crippen LogP contribution in [0, 0.1) is 0 Å². The molecular formula is C10H11BrFNO. The van der Waals surface area contributed by atoms with Crippen molar-refractivity contribution in [3.63, 3.8) is 0 Å². The Morgan fingerprint density at radius 3 is 2.43 bits per heavy atom. The van der Waals surface area contributed by atoms with Gasteiger partial charge in [-0.25, -0.2) is 4.39 Å². The molecule has 0 bridgehead atoms. The fraction of sp³-hybridized carbons (Fsp3) is 0.300. The zero-order chi connectivity index (χ0) is 10.6. The fourth-order valence-electron chi connectivity index (χ4n) is 1.12. The van der Waals surface area contributed by atoms with Crippen molar-refractivity contribution in [1.82, 2.24) is 0 Å². The molecule has 0 heterocycles. The molecule has 0 saturated heterocycles. The van der Waals surface area contributed by atoms with Crippen molar-refractivity contribution in [2.24, 2.45) is 5.73 Å². The van der Waals surface area contributed by atoms with Crippen LogP contribution in [0.25, 0.3) is 0 Å². The second-order valence-electron chi connectivity index (χ2n) is 3.02. The van der Waals surface area contributed by atoms with Crippen LogP contribution in [0.1, 0.15) is 15.9 Å². The van der Waals surface area contributed by atoms with Gasteiger partial charge in [0.2, 0.25) is 5.91 Å². The molecule has 0 aliphatic carbocycles. The SMILES string of the molecule is NC(=O)c1ccc(CC(F)CBr)cc1. The lowest BCUT2D eigenvalue weighted by atomic mass is 10.1. The molecule has 1 unspecified atom stereocenters. The van der Waals surface area contributed by atoms with Crippen LogP contribution in [-0.2, 0) is 6.42 Å². The highest BCUT2D eigenvalue weighted by Gasteiger charge is 2.06. The third kappa shape index (κ3) is 3.10. The largest absolute Gasteiger partial charge is 0.366 e. The Balaban J connectivity index is 2.68. The summed E-state index contributed by atoms with van der Waals surface area (Å²) in [6.07, 6.45) is -0.543. The second-order valence-corrected chi connectivity index (χ2v) is 3.66. The average molecular weight is 260 g/mol. The fourth-order valence-corrected chi connectivity index (χ4v) is 1.34. The number of benzene rings is 1. The number of carbonyl (C=O) groups is 1. The summed E-state index contributed by atoms with van der Waals surface area (Å²) < 4.78 is 12.9. The molecule has 0 saturated carbocycles. The Labute approximate surface area is 90.4 Å². The maximum Gasteiger partial charge on any atom is 0.248 e. The quantitative estimate of drug-likeness (QED) is 0.827. The summed E-state index contributed by atoms with van der Waals surface area (Å²) in [5, 5.41) is 0.324. The number of hydrogen-bond acceptors (Lipinski definition) is 1. The van der Waals surface area contributed by atoms with Crippen LogP contribution in [0.2, 0.25) is 0 Å². The number of amides is 1. The zero-order valence-corrected chi connectivity index (χ0v) is 9.13. The van der Waals surface area contributed by atoms with Crippen molar-refractivity contribution in [2.75, 3.05) is 5.33 Å². The first kappa shape index (κ1) is 11.2. The molecule has 2 N–H and O–H groups in total. The summed E-state index contributed by atoms with van der Waals surface area (Å²) in [5.41, 5.74) is 6.38. The van der Waals surface area contributed by atoms with Crippen LogP contribution in [0.5, 0.6) is 0 Å². The molecule has 1 aromatic rings. The Bertz CT molecular complexity index is 312. The number of hydrogen-bond donors (Lipinski definition) is 1. The summed E-state index contributed by atoms with van der Waals surface area (Å²) in [4.78, 5) is 10.7. The minimum absolute atomic E-state index is 0.324. The van der Waals surface area contributed by atoms with Gasteiger partial charge in [0.05, 0.1) is 0 Å². The van der Waals surface area contributed by atoms with Crippen molar-refractivity contribution >= 4 is 21.8 Å². The smallest absolute Gasteiger partial charge is 0.248 e. The van der Waals surface area contributed by atoms with E-state index >= 15 is 0 Å². The van der Waals surface area contributed by atoms with E-state index in [0.29, 0.717) is 17.3 Å². The van der Waals surface area contributed by atoms with Crippen molar-refractivity contribution < 1.29 is 9.18 Å². The van der Waals surface area contributed by atoms with Crippen molar-refractivity contribution in [3.05, 3.63) is 35.4 Å². The van der Waals surface area contributed by atoms with Crippen molar-refractivity contribution in [1.29, 1.82) is 0 Å². The Morgan fingerprint density at radius 1 is 1.43 bits per heavy atom. The van der Waals surface area contributed by atoms with Gasteiger partial charge in [-0.05, 0) is 17.7 Å². The van der Waals surface area contributed by atoms with Crippen molar-refractivity contribution in [3.8, 4) is 0 Å². The highest BCUT2D eigenvalue weighted by Crippen LogP contribution is 2.09. The minimum Gasteiger partial charge on any atom is -0.366 e. The third-order valence-corrected chi connectivity index (χ3v) is 2.57. The predicted octanol–water partition coefficient (Wildman–Crippen LogP) is 2.06. The summed E-state index contributed by atoms with van der Waals surface area (Å²) in [5.74, 6) is -0.464. The van der Waals surface area contributed by atoms with Gasteiger partial charge in [-0.2, -0.15) is 0 Å². The van der Waals surface area contributed by atoms with Gasteiger partial charge in [-0.1, -0.05) is 28.1 Å². The summed E-state index contributed by atoms with van der Waals surface area (Å²) in [6.45, 7) is 0. The molecule has 0 aliphatic rings. The summed E-state index contributed by atoms with van der Waals surface area (Å²) in [6, 6.07) is 6.65. The minimum atomic E-state index is -0.894. The van der Waals surface area contributed by atoms with E-state index in [4.69, 9.17) is 5.73 Å². The Morgan fingerprint density at radius 2 is 2.00 bits per heavy atom. The molecule has 0 aliphatic heterocycles. The van der Waals surface area contributed by atoms with E-state index in [9.17, 15) is 9.18 Å². The number of halogens is 2. The van der Waals surface area contributed by atoms with E-state index in [1.54, 1.807) is 24.3 Å². The lowest BCUT2D eigenvalue weighted by molar-refractivity contribution is 0.100. The van der Waals surface area contributed by atoms with Crippen LogP contribution in [0.4, 0.5) is 4.39 Å². The van der Waals surface area contributed by atoms with Crippen molar-refractivity contribution in [2.45, 2.75) is 12.6 Å². The van der Waals surface area contributed by atoms with Gasteiger partial charge in [0.15, 0.2) is 0 Å². The molecule has 0 aromatic heterocycles. The van der Waals surface area contributed by atoms with Crippen LogP contribution in [-0.4, -0.2) is 17.4 Å². The molecule has 14 heavy (non-hydrogen) atoms. The number of carbonyl (C=O) groups excluding carboxylic acids is 1. The molecule has 1 rings (SSSR count). The third-order valence-electron chi connectivity index (χ3n) is 1.86. The van der Waals surface area contributed by atoms with Gasteiger partial charge in [0.1, 0.15) is 6.17 Å². The monoisotopic (exact) mass is 259 g/mol. The predicted molar refractivity (Wildman–Crippen MR) is 57.4 cm³/mol. The topological polar surface area (TPSA) is 43.1 Å². The molecule has 1 aromatic carbocycles. The van der Waals surface area contributed by atoms with Gasteiger partial charge >= 0.3 is 0 Å². The molecule has 4 heteroatoms. The van der Waals surface area contributed by atoms with Crippen LogP contribution < -0.4 is 5.73 Å². The van der Waals surface area contributed by atoms with E-state index in [0.717, 1.165) is 5.56 Å². The van der Waals surface area contributed by atoms with E-state index in [1.165, 1.54) is 0 Å². The first-order chi connectivity index (χ1) is 6.63. The lowest BCUT2D eigenvalue weighted by Crippen LogP contribution is -2.11. The van der Waals surface area contributed by atoms with Crippen LogP contribution in [0.15, 0.2) is 24.3 Å². The summed E-state index contributed by atoms with van der Waals surface area (Å²) in [7, 11) is 0. The maximum absolute atomic E-state index is 12.9. The van der Waals surface area contributed by atoms with Gasteiger partial charge in [0, 0.05) is 17.3 Å². The number of alkyl halides is 2. The highest BCUT2D eigenvalue weighted by molar-refractivity contribution is 9.09. The van der Waals surface area contributed by atoms with Gasteiger partial charge in [0.25, 0.3) is 0 Å². The first-order valence-electron chi connectivity index (χ1n) is 4.22. The van der Waals surface area contributed by atoms with E-state index in [1.807, 2.05) is 0 Å². The van der Waals surface area contributed by atoms with E-state index < -0.39 is 12.1 Å². The van der Waals surface area contributed by atoms with Gasteiger partial charge in [-0.15, -0.1) is 0 Å². The van der Waals surface area contributed by atoms with Crippen LogP contribution in [0.3, 0.4) is 0 Å². The normalized spacial score (nSPS) is 12.4. The van der Waals surface area contributed by atoms with Crippen LogP contribution >= 0.6 is 15.9 Å². The second kappa shape index (κ2) is 5.10. The Hall–Kier alpha value is -0.900. The standard InChI is InChI=1S/C10H11BrFNO/c11-6-9(12)5-7-1-3-8(4-2-7)10(13)14/h1-4,9H,5-6H2,(H2,13,14). The Kier molecular flexibility index (Phi) is 4.07. The molecular weight excluding hydrogens is 249 g/mol. The average Bonchev–Trinajstić information content (AvgIpc) is 2.18. The van der Waals surface area contributed by atoms with E-state index in [2.05, 4.69) is 15.9 Å². The number of rotatable bonds is 4. The van der Waals surface area contributed by atoms with Gasteiger partial charge < -0.3 is 5.73 Å². The molecule has 76 valence electrons. The summed E-state index contributed by atoms with van der Waals surface area (Å²) >= 11 is 3.06. The number of primary amides is 1. The van der Waals surface area contributed by atoms with E-state index in [-0.39, 0.29) is 0 Å². The zero-order valence-electron chi connectivity index (χ0n) is 7.54. The highest BCUT2D eigenvalue weighted by atomic mass is 79.9. The number of nitrogens with two attached hydrogens (primary N) is 1. The molecule has 2 nitrogen and oxygen atoms in total. The molecule has 0 radical (unpaired) electrons. The molecule has 1 atom stereocenters. The molecule has 0 fully saturated rings.